The van der Waals surface area contributed by atoms with Crippen molar-refractivity contribution in [3.8, 4) is 11.5 Å². The highest BCUT2D eigenvalue weighted by molar-refractivity contribution is 7.99. The van der Waals surface area contributed by atoms with Crippen LogP contribution in [0.15, 0.2) is 36.4 Å². The number of methoxy groups -OCH3 is 1. The Kier molecular flexibility index (Phi) is 9.25. The summed E-state index contributed by atoms with van der Waals surface area (Å²) >= 11 is 1.47. The number of nitrogens with zero attached hydrogens (tertiary/aromatic N) is 2. The summed E-state index contributed by atoms with van der Waals surface area (Å²) in [5.74, 6) is 1.04. The van der Waals surface area contributed by atoms with Gasteiger partial charge in [0.05, 0.1) is 24.0 Å². The number of carbonyl (C=O) groups is 2. The summed E-state index contributed by atoms with van der Waals surface area (Å²) in [5.41, 5.74) is 3.17. The molecule has 2 heterocycles. The van der Waals surface area contributed by atoms with Crippen LogP contribution in [0.1, 0.15) is 70.4 Å². The number of amides is 2. The van der Waals surface area contributed by atoms with Gasteiger partial charge in [0.2, 0.25) is 0 Å². The molecule has 1 aliphatic heterocycles. The molecule has 0 radical (unpaired) electrons. The predicted octanol–water partition coefficient (Wildman–Crippen LogP) is 7.20. The lowest BCUT2D eigenvalue weighted by Crippen LogP contribution is -2.44. The number of ether oxygens (including phenoxy) is 3. The van der Waals surface area contributed by atoms with Gasteiger partial charge >= 0.3 is 6.09 Å². The maximum atomic E-state index is 13.7. The van der Waals surface area contributed by atoms with Gasteiger partial charge in [-0.05, 0) is 56.0 Å². The largest absolute Gasteiger partial charge is 0.492 e. The zero-order chi connectivity index (χ0) is 30.8. The van der Waals surface area contributed by atoms with Crippen molar-refractivity contribution in [2.24, 2.45) is 7.05 Å². The first kappa shape index (κ1) is 31.4. The van der Waals surface area contributed by atoms with Crippen molar-refractivity contribution >= 4 is 46.2 Å². The predicted molar refractivity (Wildman–Crippen MR) is 171 cm³/mol. The molecule has 228 valence electrons. The third-order valence-corrected chi connectivity index (χ3v) is 7.68. The SMILES string of the molecule is COc1c(NSC)cc(C(C)(C)C)cc1NC(=O)c1cc2cccc(OC3CCN(C(=O)OC(C)(C)C)CC3)c2n1C. The van der Waals surface area contributed by atoms with Gasteiger partial charge in [0.25, 0.3) is 5.91 Å². The third kappa shape index (κ3) is 7.09. The lowest BCUT2D eigenvalue weighted by Gasteiger charge is -2.33. The molecule has 0 aliphatic carbocycles. The van der Waals surface area contributed by atoms with Gasteiger partial charge in [0, 0.05) is 44.6 Å². The first-order valence-corrected chi connectivity index (χ1v) is 15.5. The maximum Gasteiger partial charge on any atom is 0.410 e. The van der Waals surface area contributed by atoms with E-state index in [1.165, 1.54) is 11.9 Å². The normalized spacial score (nSPS) is 14.5. The van der Waals surface area contributed by atoms with Gasteiger partial charge in [0.15, 0.2) is 5.75 Å². The van der Waals surface area contributed by atoms with Gasteiger partial charge in [-0.15, -0.1) is 0 Å². The number of rotatable bonds is 7. The van der Waals surface area contributed by atoms with E-state index in [4.69, 9.17) is 14.2 Å². The molecule has 0 spiro atoms. The van der Waals surface area contributed by atoms with E-state index in [1.54, 1.807) is 12.0 Å². The lowest BCUT2D eigenvalue weighted by molar-refractivity contribution is 0.0127. The van der Waals surface area contributed by atoms with Gasteiger partial charge in [-0.3, -0.25) is 4.79 Å². The maximum absolute atomic E-state index is 13.7. The molecule has 2 N–H and O–H groups in total. The summed E-state index contributed by atoms with van der Waals surface area (Å²) in [5, 5.41) is 4.01. The fourth-order valence-electron chi connectivity index (χ4n) is 5.10. The quantitative estimate of drug-likeness (QED) is 0.279. The Balaban J connectivity index is 1.56. The molecule has 10 heteroatoms. The molecule has 0 atom stereocenters. The van der Waals surface area contributed by atoms with Crippen LogP contribution in [0.5, 0.6) is 11.5 Å². The molecule has 42 heavy (non-hydrogen) atoms. The molecular weight excluding hydrogens is 552 g/mol. The van der Waals surface area contributed by atoms with E-state index in [9.17, 15) is 9.59 Å². The van der Waals surface area contributed by atoms with Crippen LogP contribution in [0, 0.1) is 0 Å². The van der Waals surface area contributed by atoms with E-state index in [0.717, 1.165) is 22.2 Å². The minimum Gasteiger partial charge on any atom is -0.492 e. The highest BCUT2D eigenvalue weighted by atomic mass is 32.2. The Labute approximate surface area is 253 Å². The molecule has 0 bridgehead atoms. The summed E-state index contributed by atoms with van der Waals surface area (Å²) in [4.78, 5) is 27.9. The van der Waals surface area contributed by atoms with Gasteiger partial charge < -0.3 is 33.7 Å². The molecule has 0 unspecified atom stereocenters. The molecular formula is C32H44N4O5S. The highest BCUT2D eigenvalue weighted by Gasteiger charge is 2.29. The van der Waals surface area contributed by atoms with Crippen molar-refractivity contribution in [1.82, 2.24) is 9.47 Å². The summed E-state index contributed by atoms with van der Waals surface area (Å²) in [6.07, 6.45) is 3.00. The lowest BCUT2D eigenvalue weighted by atomic mass is 9.86. The molecule has 9 nitrogen and oxygen atoms in total. The van der Waals surface area contributed by atoms with Crippen LogP contribution in [0.4, 0.5) is 16.2 Å². The number of carbonyl (C=O) groups excluding carboxylic acids is 2. The fourth-order valence-corrected chi connectivity index (χ4v) is 5.47. The topological polar surface area (TPSA) is 94.1 Å². The van der Waals surface area contributed by atoms with Gasteiger partial charge in [0.1, 0.15) is 23.1 Å². The van der Waals surface area contributed by atoms with Crippen molar-refractivity contribution in [3.63, 3.8) is 0 Å². The Bertz CT molecular complexity index is 1450. The fraction of sp³-hybridized carbons (Fsp3) is 0.500. The minimum absolute atomic E-state index is 0.0479. The summed E-state index contributed by atoms with van der Waals surface area (Å²) in [6.45, 7) is 13.2. The van der Waals surface area contributed by atoms with E-state index in [1.807, 2.05) is 69.0 Å². The zero-order valence-corrected chi connectivity index (χ0v) is 27.0. The Hall–Kier alpha value is -3.53. The van der Waals surface area contributed by atoms with Crippen LogP contribution in [-0.4, -0.2) is 59.6 Å². The van der Waals surface area contributed by atoms with E-state index in [-0.39, 0.29) is 23.5 Å². The Morgan fingerprint density at radius 2 is 1.67 bits per heavy atom. The van der Waals surface area contributed by atoms with Crippen molar-refractivity contribution in [1.29, 1.82) is 0 Å². The Morgan fingerprint density at radius 3 is 2.26 bits per heavy atom. The molecule has 4 rings (SSSR count). The number of aromatic nitrogens is 1. The number of aryl methyl sites for hydroxylation is 1. The monoisotopic (exact) mass is 596 g/mol. The van der Waals surface area contributed by atoms with Crippen LogP contribution in [0.2, 0.25) is 0 Å². The van der Waals surface area contributed by atoms with Gasteiger partial charge in [-0.2, -0.15) is 0 Å². The average Bonchev–Trinajstić information content (AvgIpc) is 3.25. The minimum atomic E-state index is -0.523. The second kappa shape index (κ2) is 12.4. The van der Waals surface area contributed by atoms with E-state index in [2.05, 4.69) is 36.9 Å². The number of para-hydroxylation sites is 1. The van der Waals surface area contributed by atoms with Crippen LogP contribution in [0.25, 0.3) is 10.9 Å². The molecule has 1 saturated heterocycles. The number of piperidine rings is 1. The average molecular weight is 597 g/mol. The van der Waals surface area contributed by atoms with Crippen LogP contribution < -0.4 is 19.5 Å². The first-order chi connectivity index (χ1) is 19.7. The van der Waals surface area contributed by atoms with E-state index < -0.39 is 5.60 Å². The molecule has 3 aromatic rings. The smallest absolute Gasteiger partial charge is 0.410 e. The van der Waals surface area contributed by atoms with Crippen LogP contribution in [-0.2, 0) is 17.2 Å². The first-order valence-electron chi connectivity index (χ1n) is 14.3. The number of hydrogen-bond donors (Lipinski definition) is 2. The summed E-state index contributed by atoms with van der Waals surface area (Å²) in [7, 11) is 3.48. The van der Waals surface area contributed by atoms with Gasteiger partial charge in [-0.25, -0.2) is 4.79 Å². The highest BCUT2D eigenvalue weighted by Crippen LogP contribution is 2.40. The molecule has 1 aromatic heterocycles. The van der Waals surface area contributed by atoms with Crippen molar-refractivity contribution in [2.75, 3.05) is 36.5 Å². The standard InChI is InChI=1S/C32H44N4O5S/c1-31(2,3)21-18-23(28(39-8)24(19-21)34-42-9)33-29(37)25-17-20-11-10-12-26(27(20)35(25)7)40-22-13-15-36(16-14-22)30(38)41-32(4,5)6/h10-12,17-19,22,34H,13-16H2,1-9H3,(H,33,37). The van der Waals surface area contributed by atoms with Crippen molar-refractivity contribution in [3.05, 3.63) is 47.7 Å². The Morgan fingerprint density at radius 1 is 1.00 bits per heavy atom. The molecule has 2 amide bonds. The molecule has 1 aliphatic rings. The number of likely N-dealkylation sites (tertiary alicyclic amines) is 1. The van der Waals surface area contributed by atoms with E-state index in [0.29, 0.717) is 48.8 Å². The molecule has 0 saturated carbocycles. The second-order valence-corrected chi connectivity index (χ2v) is 13.3. The van der Waals surface area contributed by atoms with Crippen molar-refractivity contribution in [2.45, 2.75) is 71.5 Å². The zero-order valence-electron chi connectivity index (χ0n) is 26.2. The molecule has 1 fully saturated rings. The summed E-state index contributed by atoms with van der Waals surface area (Å²) in [6, 6.07) is 11.8. The number of nitrogens with one attached hydrogen (secondary N) is 2. The van der Waals surface area contributed by atoms with E-state index >= 15 is 0 Å². The molecule has 2 aromatic carbocycles. The summed E-state index contributed by atoms with van der Waals surface area (Å²) < 4.78 is 22.9. The van der Waals surface area contributed by atoms with Crippen molar-refractivity contribution < 1.29 is 23.8 Å². The van der Waals surface area contributed by atoms with Crippen LogP contribution >= 0.6 is 11.9 Å². The number of hydrogen-bond acceptors (Lipinski definition) is 7. The second-order valence-electron chi connectivity index (χ2n) is 12.7. The third-order valence-electron chi connectivity index (χ3n) is 7.26. The number of anilines is 2. The van der Waals surface area contributed by atoms with Crippen LogP contribution in [0.3, 0.4) is 0 Å². The number of fused-ring (bicyclic) bond motifs is 1. The number of benzene rings is 2. The van der Waals surface area contributed by atoms with Gasteiger partial charge in [-0.1, -0.05) is 44.9 Å².